The van der Waals surface area contributed by atoms with Crippen LogP contribution in [0.4, 0.5) is 5.82 Å². The highest BCUT2D eigenvalue weighted by Crippen LogP contribution is 2.45. The highest BCUT2D eigenvalue weighted by atomic mass is 35.5. The Bertz CT molecular complexity index is 1830. The molecule has 1 aliphatic heterocycles. The topological polar surface area (TPSA) is 63.5 Å². The first-order valence-electron chi connectivity index (χ1n) is 14.7. The third kappa shape index (κ3) is 5.81. The zero-order valence-corrected chi connectivity index (χ0v) is 27.4. The van der Waals surface area contributed by atoms with Crippen molar-refractivity contribution in [3.63, 3.8) is 0 Å². The monoisotopic (exact) mass is 615 g/mol. The van der Waals surface area contributed by atoms with Crippen molar-refractivity contribution < 1.29 is 9.53 Å². The highest BCUT2D eigenvalue weighted by Gasteiger charge is 2.30. The fourth-order valence-electron chi connectivity index (χ4n) is 5.91. The minimum Gasteiger partial charge on any atom is -0.360 e. The van der Waals surface area contributed by atoms with Crippen LogP contribution in [0.2, 0.25) is 5.02 Å². The molecule has 1 saturated heterocycles. The van der Waals surface area contributed by atoms with Gasteiger partial charge in [0.1, 0.15) is 11.1 Å². The van der Waals surface area contributed by atoms with Crippen molar-refractivity contribution in [2.45, 2.75) is 46.3 Å². The number of likely N-dealkylation sites (N-methyl/N-ethyl adjacent to an activating group) is 1. The number of carbonyl (C=O) groups excluding carboxylic acids is 1. The van der Waals surface area contributed by atoms with E-state index in [1.165, 1.54) is 0 Å². The second-order valence-corrected chi connectivity index (χ2v) is 14.0. The van der Waals surface area contributed by atoms with Gasteiger partial charge in [0, 0.05) is 60.3 Å². The van der Waals surface area contributed by atoms with Crippen LogP contribution in [-0.4, -0.2) is 64.3 Å². The van der Waals surface area contributed by atoms with Gasteiger partial charge in [0.25, 0.3) is 0 Å². The number of anilines is 1. The van der Waals surface area contributed by atoms with E-state index in [0.29, 0.717) is 5.02 Å². The van der Waals surface area contributed by atoms with Crippen molar-refractivity contribution in [2.75, 3.05) is 38.1 Å². The maximum atomic E-state index is 13.1. The van der Waals surface area contributed by atoms with Crippen molar-refractivity contribution in [1.82, 2.24) is 19.7 Å². The molecule has 0 saturated carbocycles. The number of piperazine rings is 1. The van der Waals surface area contributed by atoms with Gasteiger partial charge in [-0.1, -0.05) is 23.7 Å². The summed E-state index contributed by atoms with van der Waals surface area (Å²) in [6.45, 7) is 13.5. The molecule has 2 aromatic heterocycles. The van der Waals surface area contributed by atoms with Crippen molar-refractivity contribution in [2.24, 2.45) is 7.05 Å². The Morgan fingerprint density at radius 1 is 1.00 bits per heavy atom. The Morgan fingerprint density at radius 2 is 1.67 bits per heavy atom. The van der Waals surface area contributed by atoms with Gasteiger partial charge >= 0.3 is 0 Å². The van der Waals surface area contributed by atoms with Crippen molar-refractivity contribution >= 4 is 55.7 Å². The molecular weight excluding hydrogens is 578 g/mol. The molecule has 6 rings (SSSR count). The zero-order valence-electron chi connectivity index (χ0n) is 25.9. The third-order valence-electron chi connectivity index (χ3n) is 8.04. The summed E-state index contributed by atoms with van der Waals surface area (Å²) in [5, 5.41) is 7.63. The van der Waals surface area contributed by atoms with Crippen LogP contribution in [0.5, 0.6) is 0 Å². The second kappa shape index (κ2) is 11.3. The number of halogens is 1. The van der Waals surface area contributed by atoms with E-state index in [9.17, 15) is 4.79 Å². The van der Waals surface area contributed by atoms with Gasteiger partial charge in [0.2, 0.25) is 0 Å². The van der Waals surface area contributed by atoms with Gasteiger partial charge < -0.3 is 14.5 Å². The summed E-state index contributed by atoms with van der Waals surface area (Å²) in [4.78, 5) is 23.0. The van der Waals surface area contributed by atoms with Gasteiger partial charge in [-0.2, -0.15) is 5.10 Å². The summed E-state index contributed by atoms with van der Waals surface area (Å²) in [7, 11) is 4.17. The fraction of sp³-hybridized carbons (Fsp3) is 0.382. The minimum atomic E-state index is -0.710. The summed E-state index contributed by atoms with van der Waals surface area (Å²) in [5.41, 5.74) is 6.35. The average Bonchev–Trinajstić information content (AvgIpc) is 3.52. The van der Waals surface area contributed by atoms with E-state index >= 15 is 0 Å². The highest BCUT2D eigenvalue weighted by molar-refractivity contribution is 7.22. The van der Waals surface area contributed by atoms with E-state index < -0.39 is 11.7 Å². The van der Waals surface area contributed by atoms with Crippen LogP contribution in [0.15, 0.2) is 48.5 Å². The predicted octanol–water partition coefficient (Wildman–Crippen LogP) is 7.68. The van der Waals surface area contributed by atoms with E-state index in [1.807, 2.05) is 63.7 Å². The first-order chi connectivity index (χ1) is 20.4. The van der Waals surface area contributed by atoms with Crippen LogP contribution in [-0.2, 0) is 16.6 Å². The zero-order chi connectivity index (χ0) is 30.6. The molecule has 9 heteroatoms. The summed E-state index contributed by atoms with van der Waals surface area (Å²) >= 11 is 7.94. The second-order valence-electron chi connectivity index (χ2n) is 12.5. The smallest absolute Gasteiger partial charge is 0.163 e. The third-order valence-corrected chi connectivity index (χ3v) is 9.43. The lowest BCUT2D eigenvalue weighted by Gasteiger charge is -2.32. The molecule has 0 aliphatic carbocycles. The van der Waals surface area contributed by atoms with E-state index in [2.05, 4.69) is 41.1 Å². The Balaban J connectivity index is 1.53. The lowest BCUT2D eigenvalue weighted by Crippen LogP contribution is -2.44. The van der Waals surface area contributed by atoms with Gasteiger partial charge in [-0.15, -0.1) is 11.3 Å². The van der Waals surface area contributed by atoms with Gasteiger partial charge in [0.15, 0.2) is 11.6 Å². The molecule has 0 radical (unpaired) electrons. The van der Waals surface area contributed by atoms with Crippen LogP contribution in [0.25, 0.3) is 42.8 Å². The Hall–Kier alpha value is -3.30. The molecule has 7 nitrogen and oxygen atoms in total. The molecule has 0 N–H and O–H groups in total. The van der Waals surface area contributed by atoms with Crippen molar-refractivity contribution in [3.05, 3.63) is 64.7 Å². The summed E-state index contributed by atoms with van der Waals surface area (Å²) in [5.74, 6) is 0.993. The molecule has 0 unspecified atom stereocenters. The number of aryl methyl sites for hydroxylation is 2. The fourth-order valence-corrected chi connectivity index (χ4v) is 7.15. The summed E-state index contributed by atoms with van der Waals surface area (Å²) in [6, 6.07) is 16.4. The van der Waals surface area contributed by atoms with E-state index in [0.717, 1.165) is 85.9 Å². The first-order valence-corrected chi connectivity index (χ1v) is 15.9. The number of thiazole rings is 1. The van der Waals surface area contributed by atoms with Crippen molar-refractivity contribution in [3.8, 4) is 21.7 Å². The number of fused-ring (bicyclic) bond motifs is 2. The summed E-state index contributed by atoms with van der Waals surface area (Å²) in [6.07, 6.45) is -0.710. The number of nitrogens with zero attached hydrogens (tertiary/aromatic N) is 5. The molecule has 43 heavy (non-hydrogen) atoms. The van der Waals surface area contributed by atoms with Crippen molar-refractivity contribution in [1.29, 1.82) is 0 Å². The molecule has 3 aromatic carbocycles. The molecule has 1 fully saturated rings. The molecule has 0 spiro atoms. The molecule has 5 aromatic rings. The number of benzene rings is 3. The maximum Gasteiger partial charge on any atom is 0.163 e. The summed E-state index contributed by atoms with van der Waals surface area (Å²) < 4.78 is 9.40. The quantitative estimate of drug-likeness (QED) is 0.195. The SMILES string of the molecule is CC(=O)[C@@H](OC(C)(C)C)c1c(C)cc2nc(-c3ccc4c(c3)c(N3CCN(C)CC3)nn4C)sc2c1-c1ccc(Cl)cc1. The van der Waals surface area contributed by atoms with Crippen LogP contribution in [0.3, 0.4) is 0 Å². The lowest BCUT2D eigenvalue weighted by atomic mass is 9.90. The van der Waals surface area contributed by atoms with Crippen LogP contribution < -0.4 is 4.90 Å². The van der Waals surface area contributed by atoms with Gasteiger partial charge in [-0.05, 0) is 89.2 Å². The van der Waals surface area contributed by atoms with E-state index in [-0.39, 0.29) is 5.78 Å². The predicted molar refractivity (Wildman–Crippen MR) is 178 cm³/mol. The maximum absolute atomic E-state index is 13.1. The van der Waals surface area contributed by atoms with Crippen LogP contribution in [0.1, 0.15) is 44.9 Å². The number of hydrogen-bond acceptors (Lipinski definition) is 7. The molecule has 0 bridgehead atoms. The molecule has 0 amide bonds. The number of Topliss-reactive ketones (excluding diaryl/α,β-unsaturated/α-hetero) is 1. The number of carbonyl (C=O) groups is 1. The molecule has 224 valence electrons. The Morgan fingerprint density at radius 3 is 2.33 bits per heavy atom. The first kappa shape index (κ1) is 29.8. The average molecular weight is 616 g/mol. The van der Waals surface area contributed by atoms with E-state index in [4.69, 9.17) is 26.4 Å². The molecular formula is C34H38ClN5O2S. The number of ether oxygens (including phenoxy) is 1. The number of ketones is 1. The van der Waals surface area contributed by atoms with Gasteiger partial charge in [-0.3, -0.25) is 9.48 Å². The lowest BCUT2D eigenvalue weighted by molar-refractivity contribution is -0.138. The molecule has 1 aliphatic rings. The van der Waals surface area contributed by atoms with Gasteiger partial charge in [0.05, 0.1) is 21.3 Å². The number of hydrogen-bond donors (Lipinski definition) is 0. The largest absolute Gasteiger partial charge is 0.360 e. The molecule has 3 heterocycles. The molecule has 1 atom stereocenters. The Kier molecular flexibility index (Phi) is 7.84. The van der Waals surface area contributed by atoms with Crippen LogP contribution in [0, 0.1) is 6.92 Å². The Labute approximate surface area is 262 Å². The minimum absolute atomic E-state index is 0.0317. The number of aromatic nitrogens is 3. The van der Waals surface area contributed by atoms with Crippen LogP contribution >= 0.6 is 22.9 Å². The van der Waals surface area contributed by atoms with Gasteiger partial charge in [-0.25, -0.2) is 4.98 Å². The normalized spacial score (nSPS) is 15.5. The van der Waals surface area contributed by atoms with E-state index in [1.54, 1.807) is 18.3 Å². The number of rotatable bonds is 6. The standard InChI is InChI=1S/C34H38ClN5O2S/c1-20-18-26-31(29(22-8-11-24(35)12-9-22)28(20)30(21(2)41)42-34(3,4)5)43-33(36-26)23-10-13-27-25(19-23)32(37-39(27)7)40-16-14-38(6)15-17-40/h8-13,18-19,30H,14-17H2,1-7H3/t30-/m1/s1.